The Morgan fingerprint density at radius 3 is 2.43 bits per heavy atom. The second-order valence-electron chi connectivity index (χ2n) is 5.83. The molecule has 1 saturated carbocycles. The van der Waals surface area contributed by atoms with Gasteiger partial charge in [0, 0.05) is 6.04 Å². The van der Waals surface area contributed by atoms with E-state index in [1.165, 1.54) is 0 Å². The number of sulfonamides is 1. The molecule has 1 aliphatic rings. The predicted molar refractivity (Wildman–Crippen MR) is 84.3 cm³/mol. The summed E-state index contributed by atoms with van der Waals surface area (Å²) in [6, 6.07) is 3.61. The van der Waals surface area contributed by atoms with Crippen LogP contribution in [0.5, 0.6) is 5.75 Å². The van der Waals surface area contributed by atoms with E-state index in [9.17, 15) is 8.42 Å². The van der Waals surface area contributed by atoms with E-state index in [-0.39, 0.29) is 10.9 Å². The quantitative estimate of drug-likeness (QED) is 0.877. The summed E-state index contributed by atoms with van der Waals surface area (Å²) >= 11 is 0. The third kappa shape index (κ3) is 3.98. The average Bonchev–Trinajstić information content (AvgIpc) is 2.91. The number of rotatable bonds is 6. The first kappa shape index (κ1) is 16.3. The van der Waals surface area contributed by atoms with Crippen LogP contribution >= 0.6 is 0 Å². The number of hydrogen-bond donors (Lipinski definition) is 1. The van der Waals surface area contributed by atoms with Crippen LogP contribution in [0, 0.1) is 13.8 Å². The molecule has 5 heteroatoms. The van der Waals surface area contributed by atoms with Crippen LogP contribution in [0.1, 0.15) is 50.2 Å². The zero-order valence-electron chi connectivity index (χ0n) is 13.1. The van der Waals surface area contributed by atoms with Gasteiger partial charge in [-0.15, -0.1) is 0 Å². The van der Waals surface area contributed by atoms with Gasteiger partial charge in [-0.1, -0.05) is 19.8 Å². The summed E-state index contributed by atoms with van der Waals surface area (Å²) in [5.41, 5.74) is 2.01. The first-order valence-electron chi connectivity index (χ1n) is 7.70. The Hall–Kier alpha value is -1.07. The predicted octanol–water partition coefficient (Wildman–Crippen LogP) is 3.31. The highest BCUT2D eigenvalue weighted by Crippen LogP contribution is 2.29. The Bertz CT molecular complexity index is 590. The molecular formula is C16H25NO3S. The van der Waals surface area contributed by atoms with E-state index in [0.717, 1.165) is 43.2 Å². The molecule has 0 unspecified atom stereocenters. The lowest BCUT2D eigenvalue weighted by Crippen LogP contribution is -2.33. The SMILES string of the molecule is CCCOc1cc(C)c(C)cc1S(=O)(=O)NC1CCCC1. The van der Waals surface area contributed by atoms with Crippen molar-refractivity contribution in [3.8, 4) is 5.75 Å². The van der Waals surface area contributed by atoms with Gasteiger partial charge >= 0.3 is 0 Å². The van der Waals surface area contributed by atoms with Gasteiger partial charge in [-0.2, -0.15) is 0 Å². The van der Waals surface area contributed by atoms with Crippen LogP contribution < -0.4 is 9.46 Å². The Balaban J connectivity index is 2.32. The molecule has 0 bridgehead atoms. The summed E-state index contributed by atoms with van der Waals surface area (Å²) < 4.78 is 33.8. The molecule has 1 aromatic carbocycles. The molecule has 4 nitrogen and oxygen atoms in total. The monoisotopic (exact) mass is 311 g/mol. The van der Waals surface area contributed by atoms with Crippen LogP contribution in [0.15, 0.2) is 17.0 Å². The summed E-state index contributed by atoms with van der Waals surface area (Å²) in [6.45, 7) is 6.42. The highest BCUT2D eigenvalue weighted by atomic mass is 32.2. The van der Waals surface area contributed by atoms with Crippen molar-refractivity contribution in [1.82, 2.24) is 4.72 Å². The van der Waals surface area contributed by atoms with Crippen molar-refractivity contribution in [3.05, 3.63) is 23.3 Å². The van der Waals surface area contributed by atoms with Gasteiger partial charge in [0.15, 0.2) is 0 Å². The van der Waals surface area contributed by atoms with Crippen LogP contribution in [0.2, 0.25) is 0 Å². The van der Waals surface area contributed by atoms with Crippen molar-refractivity contribution in [2.45, 2.75) is 63.8 Å². The first-order valence-corrected chi connectivity index (χ1v) is 9.18. The van der Waals surface area contributed by atoms with Crippen LogP contribution in [0.25, 0.3) is 0 Å². The third-order valence-electron chi connectivity index (χ3n) is 3.99. The lowest BCUT2D eigenvalue weighted by Gasteiger charge is -2.17. The molecular weight excluding hydrogens is 286 g/mol. The van der Waals surface area contributed by atoms with Gasteiger partial charge in [0.1, 0.15) is 10.6 Å². The highest BCUT2D eigenvalue weighted by Gasteiger charge is 2.26. The number of hydrogen-bond acceptors (Lipinski definition) is 3. The summed E-state index contributed by atoms with van der Waals surface area (Å²) in [4.78, 5) is 0.269. The van der Waals surface area contributed by atoms with Crippen molar-refractivity contribution in [1.29, 1.82) is 0 Å². The van der Waals surface area contributed by atoms with Crippen molar-refractivity contribution in [2.75, 3.05) is 6.61 Å². The molecule has 0 radical (unpaired) electrons. The molecule has 0 heterocycles. The van der Waals surface area contributed by atoms with Crippen molar-refractivity contribution in [2.24, 2.45) is 0 Å². The van der Waals surface area contributed by atoms with Gasteiger partial charge in [-0.25, -0.2) is 13.1 Å². The summed E-state index contributed by atoms with van der Waals surface area (Å²) in [5.74, 6) is 0.463. The molecule has 0 atom stereocenters. The molecule has 0 saturated heterocycles. The van der Waals surface area contributed by atoms with Crippen LogP contribution in [0.4, 0.5) is 0 Å². The number of nitrogens with one attached hydrogen (secondary N) is 1. The molecule has 0 aliphatic heterocycles. The van der Waals surface area contributed by atoms with Crippen LogP contribution in [0.3, 0.4) is 0 Å². The van der Waals surface area contributed by atoms with E-state index < -0.39 is 10.0 Å². The minimum atomic E-state index is -3.52. The van der Waals surface area contributed by atoms with Crippen LogP contribution in [-0.2, 0) is 10.0 Å². The van der Waals surface area contributed by atoms with Gasteiger partial charge < -0.3 is 4.74 Å². The molecule has 0 aromatic heterocycles. The van der Waals surface area contributed by atoms with Gasteiger partial charge in [-0.05, 0) is 56.4 Å². The molecule has 1 fully saturated rings. The lowest BCUT2D eigenvalue weighted by atomic mass is 10.1. The fourth-order valence-electron chi connectivity index (χ4n) is 2.62. The molecule has 1 aromatic rings. The highest BCUT2D eigenvalue weighted by molar-refractivity contribution is 7.89. The Morgan fingerprint density at radius 2 is 1.81 bits per heavy atom. The standard InChI is InChI=1S/C16H25NO3S/c1-4-9-20-15-10-12(2)13(3)11-16(15)21(18,19)17-14-7-5-6-8-14/h10-11,14,17H,4-9H2,1-3H3. The van der Waals surface area contributed by atoms with E-state index in [1.807, 2.05) is 26.8 Å². The normalized spacial score (nSPS) is 16.3. The average molecular weight is 311 g/mol. The fourth-order valence-corrected chi connectivity index (χ4v) is 4.14. The Kier molecular flexibility index (Phi) is 5.27. The van der Waals surface area contributed by atoms with E-state index in [1.54, 1.807) is 6.07 Å². The summed E-state index contributed by atoms with van der Waals surface area (Å²) in [7, 11) is -3.52. The zero-order chi connectivity index (χ0) is 15.5. The minimum absolute atomic E-state index is 0.0654. The summed E-state index contributed by atoms with van der Waals surface area (Å²) in [6.07, 6.45) is 4.89. The molecule has 21 heavy (non-hydrogen) atoms. The molecule has 1 aliphatic carbocycles. The smallest absolute Gasteiger partial charge is 0.244 e. The van der Waals surface area contributed by atoms with Gasteiger partial charge in [-0.3, -0.25) is 0 Å². The summed E-state index contributed by atoms with van der Waals surface area (Å²) in [5, 5.41) is 0. The van der Waals surface area contributed by atoms with E-state index >= 15 is 0 Å². The van der Waals surface area contributed by atoms with Crippen molar-refractivity contribution >= 4 is 10.0 Å². The first-order chi connectivity index (χ1) is 9.94. The van der Waals surface area contributed by atoms with Gasteiger partial charge in [0.25, 0.3) is 0 Å². The fraction of sp³-hybridized carbons (Fsp3) is 0.625. The Labute approximate surface area is 127 Å². The van der Waals surface area contributed by atoms with Gasteiger partial charge in [0.05, 0.1) is 6.61 Å². The largest absolute Gasteiger partial charge is 0.492 e. The number of benzene rings is 1. The van der Waals surface area contributed by atoms with Crippen LogP contribution in [-0.4, -0.2) is 21.1 Å². The number of ether oxygens (including phenoxy) is 1. The van der Waals surface area contributed by atoms with Crippen molar-refractivity contribution in [3.63, 3.8) is 0 Å². The molecule has 118 valence electrons. The van der Waals surface area contributed by atoms with E-state index in [4.69, 9.17) is 4.74 Å². The maximum atomic E-state index is 12.6. The maximum absolute atomic E-state index is 12.6. The Morgan fingerprint density at radius 1 is 1.19 bits per heavy atom. The third-order valence-corrected chi connectivity index (χ3v) is 5.53. The molecule has 1 N–H and O–H groups in total. The van der Waals surface area contributed by atoms with Crippen molar-refractivity contribution < 1.29 is 13.2 Å². The second kappa shape index (κ2) is 6.79. The minimum Gasteiger partial charge on any atom is -0.492 e. The molecule has 0 spiro atoms. The van der Waals surface area contributed by atoms with E-state index in [0.29, 0.717) is 12.4 Å². The van der Waals surface area contributed by atoms with Gasteiger partial charge in [0.2, 0.25) is 10.0 Å². The zero-order valence-corrected chi connectivity index (χ0v) is 13.9. The topological polar surface area (TPSA) is 55.4 Å². The van der Waals surface area contributed by atoms with E-state index in [2.05, 4.69) is 4.72 Å². The lowest BCUT2D eigenvalue weighted by molar-refractivity contribution is 0.308. The maximum Gasteiger partial charge on any atom is 0.244 e. The second-order valence-corrected chi connectivity index (χ2v) is 7.52. The molecule has 2 rings (SSSR count). The molecule has 0 amide bonds. The number of aryl methyl sites for hydroxylation is 2.